The van der Waals surface area contributed by atoms with E-state index in [-0.39, 0.29) is 23.1 Å². The highest BCUT2D eigenvalue weighted by atomic mass is 16.3. The Bertz CT molecular complexity index is 924. The van der Waals surface area contributed by atoms with E-state index in [9.17, 15) is 14.7 Å². The first-order chi connectivity index (χ1) is 12.0. The zero-order valence-corrected chi connectivity index (χ0v) is 13.4. The number of hydrogen-bond donors (Lipinski definition) is 3. The van der Waals surface area contributed by atoms with Crippen LogP contribution in [0.1, 0.15) is 44.9 Å². The average molecular weight is 337 g/mol. The van der Waals surface area contributed by atoms with Gasteiger partial charge in [-0.3, -0.25) is 19.8 Å². The number of rotatable bonds is 6. The van der Waals surface area contributed by atoms with Crippen LogP contribution in [0.4, 0.5) is 0 Å². The van der Waals surface area contributed by atoms with E-state index in [4.69, 9.17) is 0 Å². The van der Waals surface area contributed by atoms with Crippen molar-refractivity contribution in [1.29, 1.82) is 0 Å². The molecule has 25 heavy (non-hydrogen) atoms. The maximum absolute atomic E-state index is 11.8. The van der Waals surface area contributed by atoms with Gasteiger partial charge >= 0.3 is 0 Å². The first-order valence-corrected chi connectivity index (χ1v) is 7.48. The van der Waals surface area contributed by atoms with Crippen LogP contribution in [-0.4, -0.2) is 42.1 Å². The third kappa shape index (κ3) is 3.86. The van der Waals surface area contributed by atoms with E-state index in [0.717, 1.165) is 17.3 Å². The van der Waals surface area contributed by atoms with Gasteiger partial charge in [-0.05, 0) is 18.6 Å². The smallest absolute Gasteiger partial charge is 0.226 e. The summed E-state index contributed by atoms with van der Waals surface area (Å²) in [6.07, 6.45) is 2.79. The minimum absolute atomic E-state index is 0.0156. The Balaban J connectivity index is 1.71. The number of ketones is 2. The van der Waals surface area contributed by atoms with Crippen LogP contribution >= 0.6 is 0 Å². The zero-order chi connectivity index (χ0) is 17.8. The lowest BCUT2D eigenvalue weighted by Gasteiger charge is -2.00. The summed E-state index contributed by atoms with van der Waals surface area (Å²) in [4.78, 5) is 26.8. The van der Waals surface area contributed by atoms with Crippen molar-refractivity contribution in [2.45, 2.75) is 13.3 Å². The molecule has 0 atom stereocenters. The van der Waals surface area contributed by atoms with Crippen molar-refractivity contribution in [3.05, 3.63) is 71.1 Å². The van der Waals surface area contributed by atoms with Gasteiger partial charge in [0, 0.05) is 23.8 Å². The van der Waals surface area contributed by atoms with E-state index in [0.29, 0.717) is 12.0 Å². The molecule has 3 aromatic rings. The predicted molar refractivity (Wildman–Crippen MR) is 89.2 cm³/mol. The highest BCUT2D eigenvalue weighted by molar-refractivity contribution is 6.05. The first-order valence-electron chi connectivity index (χ1n) is 7.48. The van der Waals surface area contributed by atoms with E-state index in [1.54, 1.807) is 18.2 Å². The second kappa shape index (κ2) is 6.91. The second-order valence-electron chi connectivity index (χ2n) is 5.44. The first kappa shape index (κ1) is 16.3. The van der Waals surface area contributed by atoms with E-state index >= 15 is 0 Å². The summed E-state index contributed by atoms with van der Waals surface area (Å²) < 4.78 is 0. The summed E-state index contributed by atoms with van der Waals surface area (Å²) in [6, 6.07) is 8.91. The van der Waals surface area contributed by atoms with Crippen LogP contribution in [0.25, 0.3) is 5.76 Å². The van der Waals surface area contributed by atoms with Crippen LogP contribution in [0.5, 0.6) is 0 Å². The number of Topliss-reactive ketones (excluding diaryl/α,β-unsaturated/α-hetero) is 1. The molecule has 2 aromatic heterocycles. The van der Waals surface area contributed by atoms with Gasteiger partial charge in [0.25, 0.3) is 0 Å². The Labute approximate surface area is 142 Å². The van der Waals surface area contributed by atoms with Gasteiger partial charge in [0.05, 0.1) is 0 Å². The maximum Gasteiger partial charge on any atom is 0.226 e. The topological polar surface area (TPSA) is 125 Å². The number of aliphatic hydroxyl groups excluding tert-OH is 1. The number of allylic oxidation sites excluding steroid dienone is 1. The standard InChI is InChI=1S/C17H15N5O3/c1-10(23)12-4-2-11(3-5-12)6-13-7-14(21-20-13)15(24)8-16(25)17-18-9-19-22-17/h2-5,7-9,24H,6H2,1H3,(H,20,21)(H,18,19,22). The summed E-state index contributed by atoms with van der Waals surface area (Å²) >= 11 is 0. The van der Waals surface area contributed by atoms with Crippen molar-refractivity contribution in [1.82, 2.24) is 25.4 Å². The van der Waals surface area contributed by atoms with Crippen LogP contribution in [-0.2, 0) is 6.42 Å². The molecule has 0 saturated heterocycles. The molecule has 8 nitrogen and oxygen atoms in total. The molecule has 2 heterocycles. The molecule has 0 radical (unpaired) electrons. The molecule has 8 heteroatoms. The maximum atomic E-state index is 11.8. The normalized spacial score (nSPS) is 11.5. The highest BCUT2D eigenvalue weighted by Crippen LogP contribution is 2.14. The Morgan fingerprint density at radius 1 is 1.20 bits per heavy atom. The van der Waals surface area contributed by atoms with Crippen LogP contribution in [0.2, 0.25) is 0 Å². The fourth-order valence-corrected chi connectivity index (χ4v) is 2.25. The molecule has 0 fully saturated rings. The monoisotopic (exact) mass is 337 g/mol. The van der Waals surface area contributed by atoms with Crippen molar-refractivity contribution in [2.24, 2.45) is 0 Å². The Morgan fingerprint density at radius 3 is 2.60 bits per heavy atom. The Morgan fingerprint density at radius 2 is 1.96 bits per heavy atom. The SMILES string of the molecule is CC(=O)c1ccc(Cc2cc(C(O)=CC(=O)c3ncn[nH]3)n[nH]2)cc1. The van der Waals surface area contributed by atoms with Gasteiger partial charge < -0.3 is 5.11 Å². The summed E-state index contributed by atoms with van der Waals surface area (Å²) in [6.45, 7) is 1.52. The largest absolute Gasteiger partial charge is 0.505 e. The van der Waals surface area contributed by atoms with Gasteiger partial charge in [-0.25, -0.2) is 4.98 Å². The van der Waals surface area contributed by atoms with Crippen molar-refractivity contribution in [3.63, 3.8) is 0 Å². The average Bonchev–Trinajstić information content (AvgIpc) is 3.27. The number of aliphatic hydroxyl groups is 1. The van der Waals surface area contributed by atoms with Crippen molar-refractivity contribution < 1.29 is 14.7 Å². The molecule has 0 aliphatic rings. The zero-order valence-electron chi connectivity index (χ0n) is 13.4. The number of nitrogens with zero attached hydrogens (tertiary/aromatic N) is 3. The lowest BCUT2D eigenvalue weighted by molar-refractivity contribution is 0.101. The molecule has 0 spiro atoms. The van der Waals surface area contributed by atoms with Gasteiger partial charge in [0.1, 0.15) is 17.8 Å². The molecule has 3 N–H and O–H groups in total. The molecule has 0 unspecified atom stereocenters. The quantitative estimate of drug-likeness (QED) is 0.359. The Kier molecular flexibility index (Phi) is 4.51. The molecule has 0 bridgehead atoms. The number of aromatic nitrogens is 5. The van der Waals surface area contributed by atoms with Gasteiger partial charge in [0.15, 0.2) is 11.6 Å². The van der Waals surface area contributed by atoms with Crippen molar-refractivity contribution >= 4 is 17.3 Å². The highest BCUT2D eigenvalue weighted by Gasteiger charge is 2.11. The van der Waals surface area contributed by atoms with Crippen LogP contribution in [0.3, 0.4) is 0 Å². The van der Waals surface area contributed by atoms with E-state index in [1.165, 1.54) is 13.3 Å². The fourth-order valence-electron chi connectivity index (χ4n) is 2.25. The molecule has 126 valence electrons. The van der Waals surface area contributed by atoms with E-state index < -0.39 is 5.78 Å². The third-order valence-corrected chi connectivity index (χ3v) is 3.56. The molecule has 0 saturated carbocycles. The van der Waals surface area contributed by atoms with E-state index in [2.05, 4.69) is 25.4 Å². The summed E-state index contributed by atoms with van der Waals surface area (Å²) in [5, 5.41) is 22.8. The van der Waals surface area contributed by atoms with Crippen LogP contribution in [0, 0.1) is 0 Å². The van der Waals surface area contributed by atoms with Gasteiger partial charge in [-0.1, -0.05) is 24.3 Å². The molecule has 0 amide bonds. The fraction of sp³-hybridized carbons (Fsp3) is 0.118. The van der Waals surface area contributed by atoms with Crippen LogP contribution < -0.4 is 0 Å². The minimum atomic E-state index is -0.501. The minimum Gasteiger partial charge on any atom is -0.505 e. The molecular weight excluding hydrogens is 322 g/mol. The van der Waals surface area contributed by atoms with Crippen LogP contribution in [0.15, 0.2) is 42.7 Å². The number of hydrogen-bond acceptors (Lipinski definition) is 6. The van der Waals surface area contributed by atoms with Gasteiger partial charge in [-0.2, -0.15) is 10.2 Å². The number of nitrogens with one attached hydrogen (secondary N) is 2. The lowest BCUT2D eigenvalue weighted by atomic mass is 10.1. The second-order valence-corrected chi connectivity index (χ2v) is 5.44. The summed E-state index contributed by atoms with van der Waals surface area (Å²) in [7, 11) is 0. The van der Waals surface area contributed by atoms with Gasteiger partial charge in [-0.15, -0.1) is 0 Å². The molecule has 0 aliphatic heterocycles. The lowest BCUT2D eigenvalue weighted by Crippen LogP contribution is -1.99. The molecular formula is C17H15N5O3. The molecule has 1 aromatic carbocycles. The number of aromatic amines is 2. The Hall–Kier alpha value is -3.55. The predicted octanol–water partition coefficient (Wildman–Crippen LogP) is 2.10. The third-order valence-electron chi connectivity index (χ3n) is 3.56. The summed E-state index contributed by atoms with van der Waals surface area (Å²) in [5.41, 5.74) is 2.66. The number of carbonyl (C=O) groups is 2. The number of carbonyl (C=O) groups excluding carboxylic acids is 2. The van der Waals surface area contributed by atoms with Crippen molar-refractivity contribution in [3.8, 4) is 0 Å². The van der Waals surface area contributed by atoms with E-state index in [1.807, 2.05) is 12.1 Å². The summed E-state index contributed by atoms with van der Waals surface area (Å²) in [5.74, 6) is -0.718. The molecule has 0 aliphatic carbocycles. The van der Waals surface area contributed by atoms with Gasteiger partial charge in [0.2, 0.25) is 5.78 Å². The number of H-pyrrole nitrogens is 2. The van der Waals surface area contributed by atoms with Crippen molar-refractivity contribution in [2.75, 3.05) is 0 Å². The number of benzene rings is 1. The molecule has 3 rings (SSSR count).